The Kier molecular flexibility index (Phi) is 3.34. The van der Waals surface area contributed by atoms with Crippen LogP contribution in [-0.4, -0.2) is 31.1 Å². The van der Waals surface area contributed by atoms with Crippen LogP contribution in [0.3, 0.4) is 0 Å². The average molecular weight is 284 g/mol. The van der Waals surface area contributed by atoms with Crippen LogP contribution in [0.15, 0.2) is 48.8 Å². The fraction of sp³-hybridized carbons (Fsp3) is 0. The van der Waals surface area contributed by atoms with Gasteiger partial charge in [-0.15, -0.1) is 5.10 Å². The molecule has 0 unspecified atom stereocenters. The Balaban J connectivity index is 1.82. The average Bonchev–Trinajstić information content (AvgIpc) is 3.02. The molecule has 0 spiro atoms. The van der Waals surface area contributed by atoms with Crippen LogP contribution in [-0.2, 0) is 0 Å². The van der Waals surface area contributed by atoms with Gasteiger partial charge in [0.25, 0.3) is 5.91 Å². The van der Waals surface area contributed by atoms with Gasteiger partial charge in [0.1, 0.15) is 12.0 Å². The molecule has 0 aliphatic carbocycles. The van der Waals surface area contributed by atoms with Crippen molar-refractivity contribution < 1.29 is 9.18 Å². The molecule has 8 heteroatoms. The van der Waals surface area contributed by atoms with Gasteiger partial charge in [0, 0.05) is 5.69 Å². The van der Waals surface area contributed by atoms with E-state index in [1.165, 1.54) is 29.2 Å². The number of rotatable bonds is 3. The summed E-state index contributed by atoms with van der Waals surface area (Å²) >= 11 is 0. The molecule has 0 radical (unpaired) electrons. The number of benzene rings is 1. The zero-order chi connectivity index (χ0) is 14.7. The van der Waals surface area contributed by atoms with Crippen LogP contribution in [0.4, 0.5) is 10.1 Å². The molecule has 0 aliphatic rings. The molecule has 3 aromatic rings. The third kappa shape index (κ3) is 2.89. The second-order valence-corrected chi connectivity index (χ2v) is 4.10. The number of nitrogens with zero attached hydrogens (tertiary/aromatic N) is 5. The number of nitrogens with one attached hydrogen (secondary N) is 1. The summed E-state index contributed by atoms with van der Waals surface area (Å²) < 4.78 is 14.5. The number of hydrogen-bond acceptors (Lipinski definition) is 5. The van der Waals surface area contributed by atoms with E-state index in [4.69, 9.17) is 0 Å². The number of carbonyl (C=O) groups is 1. The van der Waals surface area contributed by atoms with Crippen molar-refractivity contribution in [2.75, 3.05) is 5.32 Å². The van der Waals surface area contributed by atoms with Gasteiger partial charge < -0.3 is 5.32 Å². The molecule has 0 saturated carbocycles. The number of pyridine rings is 1. The van der Waals surface area contributed by atoms with Gasteiger partial charge in [0.2, 0.25) is 5.95 Å². The smallest absolute Gasteiger partial charge is 0.274 e. The van der Waals surface area contributed by atoms with E-state index in [0.717, 1.165) is 0 Å². The van der Waals surface area contributed by atoms with Crippen molar-refractivity contribution in [2.24, 2.45) is 0 Å². The van der Waals surface area contributed by atoms with Gasteiger partial charge in [-0.2, -0.15) is 4.39 Å². The number of tetrazole rings is 1. The van der Waals surface area contributed by atoms with Crippen LogP contribution in [0.5, 0.6) is 0 Å². The Bertz CT molecular complexity index is 774. The Morgan fingerprint density at radius 3 is 2.81 bits per heavy atom. The minimum Gasteiger partial charge on any atom is -0.321 e. The summed E-state index contributed by atoms with van der Waals surface area (Å²) in [5.41, 5.74) is 1.21. The zero-order valence-corrected chi connectivity index (χ0v) is 10.6. The van der Waals surface area contributed by atoms with E-state index in [1.54, 1.807) is 24.3 Å². The largest absolute Gasteiger partial charge is 0.321 e. The summed E-state index contributed by atoms with van der Waals surface area (Å²) in [4.78, 5) is 15.5. The van der Waals surface area contributed by atoms with Crippen LogP contribution in [0.1, 0.15) is 10.5 Å². The van der Waals surface area contributed by atoms with Crippen molar-refractivity contribution in [1.82, 2.24) is 25.2 Å². The fourth-order valence-corrected chi connectivity index (χ4v) is 1.74. The lowest BCUT2D eigenvalue weighted by atomic mass is 10.2. The van der Waals surface area contributed by atoms with E-state index in [0.29, 0.717) is 11.4 Å². The van der Waals surface area contributed by atoms with Crippen molar-refractivity contribution in [3.63, 3.8) is 0 Å². The molecular weight excluding hydrogens is 275 g/mol. The number of aromatic nitrogens is 5. The van der Waals surface area contributed by atoms with Gasteiger partial charge in [-0.3, -0.25) is 4.79 Å². The Labute approximate surface area is 118 Å². The van der Waals surface area contributed by atoms with Gasteiger partial charge in [0.15, 0.2) is 0 Å². The Morgan fingerprint density at radius 1 is 1.19 bits per heavy atom. The number of halogens is 1. The highest BCUT2D eigenvalue weighted by atomic mass is 19.1. The van der Waals surface area contributed by atoms with Crippen LogP contribution < -0.4 is 5.32 Å². The van der Waals surface area contributed by atoms with Gasteiger partial charge >= 0.3 is 0 Å². The molecule has 2 aromatic heterocycles. The highest BCUT2D eigenvalue weighted by molar-refractivity contribution is 6.02. The molecule has 0 bridgehead atoms. The second-order valence-electron chi connectivity index (χ2n) is 4.10. The monoisotopic (exact) mass is 284 g/mol. The zero-order valence-electron chi connectivity index (χ0n) is 10.6. The van der Waals surface area contributed by atoms with Crippen LogP contribution in [0.2, 0.25) is 0 Å². The predicted octanol–water partition coefficient (Wildman–Crippen LogP) is 1.45. The first-order valence-corrected chi connectivity index (χ1v) is 6.00. The number of carbonyl (C=O) groups excluding carboxylic acids is 1. The van der Waals surface area contributed by atoms with Crippen LogP contribution in [0, 0.1) is 5.95 Å². The van der Waals surface area contributed by atoms with Crippen molar-refractivity contribution >= 4 is 11.6 Å². The van der Waals surface area contributed by atoms with E-state index in [9.17, 15) is 9.18 Å². The minimum atomic E-state index is -0.704. The van der Waals surface area contributed by atoms with Crippen molar-refractivity contribution in [3.8, 4) is 5.69 Å². The lowest BCUT2D eigenvalue weighted by molar-refractivity contribution is 0.102. The summed E-state index contributed by atoms with van der Waals surface area (Å²) in [6.45, 7) is 0. The van der Waals surface area contributed by atoms with Gasteiger partial charge in [-0.1, -0.05) is 12.1 Å². The quantitative estimate of drug-likeness (QED) is 0.736. The molecule has 0 fully saturated rings. The molecule has 0 atom stereocenters. The van der Waals surface area contributed by atoms with Crippen molar-refractivity contribution in [2.45, 2.75) is 0 Å². The molecule has 1 N–H and O–H groups in total. The Morgan fingerprint density at radius 2 is 2.05 bits per heavy atom. The van der Waals surface area contributed by atoms with Gasteiger partial charge in [-0.25, -0.2) is 9.67 Å². The first-order chi connectivity index (χ1) is 10.2. The topological polar surface area (TPSA) is 85.6 Å². The maximum Gasteiger partial charge on any atom is 0.274 e. The third-order valence-corrected chi connectivity index (χ3v) is 2.67. The maximum absolute atomic E-state index is 13.0. The summed E-state index contributed by atoms with van der Waals surface area (Å²) in [7, 11) is 0. The molecule has 21 heavy (non-hydrogen) atoms. The molecule has 0 saturated heterocycles. The second kappa shape index (κ2) is 5.45. The maximum atomic E-state index is 13.0. The molecular formula is C13H9FN6O. The number of anilines is 1. The van der Waals surface area contributed by atoms with Crippen molar-refractivity contribution in [3.05, 3.63) is 60.4 Å². The predicted molar refractivity (Wildman–Crippen MR) is 71.3 cm³/mol. The number of amides is 1. The highest BCUT2D eigenvalue weighted by Gasteiger charge is 2.09. The van der Waals surface area contributed by atoms with E-state index >= 15 is 0 Å². The fourth-order valence-electron chi connectivity index (χ4n) is 1.74. The lowest BCUT2D eigenvalue weighted by Crippen LogP contribution is -2.14. The molecule has 0 aliphatic heterocycles. The SMILES string of the molecule is O=C(Nc1cccc(-n2cnnn2)c1)c1cccc(F)n1. The van der Waals surface area contributed by atoms with Crippen LogP contribution >= 0.6 is 0 Å². The molecule has 3 rings (SSSR count). The van der Waals surface area contributed by atoms with Gasteiger partial charge in [-0.05, 0) is 40.8 Å². The van der Waals surface area contributed by atoms with Crippen molar-refractivity contribution in [1.29, 1.82) is 0 Å². The van der Waals surface area contributed by atoms with E-state index < -0.39 is 11.9 Å². The normalized spacial score (nSPS) is 10.3. The number of hydrogen-bond donors (Lipinski definition) is 1. The first-order valence-electron chi connectivity index (χ1n) is 6.00. The van der Waals surface area contributed by atoms with E-state index in [-0.39, 0.29) is 5.69 Å². The van der Waals surface area contributed by atoms with E-state index in [2.05, 4.69) is 25.8 Å². The molecule has 104 valence electrons. The van der Waals surface area contributed by atoms with E-state index in [1.807, 2.05) is 0 Å². The molecule has 2 heterocycles. The molecule has 7 nitrogen and oxygen atoms in total. The lowest BCUT2D eigenvalue weighted by Gasteiger charge is -2.06. The third-order valence-electron chi connectivity index (χ3n) is 2.67. The molecule has 1 aromatic carbocycles. The molecule has 1 amide bonds. The highest BCUT2D eigenvalue weighted by Crippen LogP contribution is 2.14. The van der Waals surface area contributed by atoms with Gasteiger partial charge in [0.05, 0.1) is 5.69 Å². The minimum absolute atomic E-state index is 0.00262. The summed E-state index contributed by atoms with van der Waals surface area (Å²) in [5.74, 6) is -1.20. The Hall–Kier alpha value is -3.16. The summed E-state index contributed by atoms with van der Waals surface area (Å²) in [6, 6.07) is 10.9. The van der Waals surface area contributed by atoms with Crippen LogP contribution in [0.25, 0.3) is 5.69 Å². The summed E-state index contributed by atoms with van der Waals surface area (Å²) in [5, 5.41) is 13.5. The first kappa shape index (κ1) is 12.9. The standard InChI is InChI=1S/C13H9FN6O/c14-12-6-2-5-11(17-12)13(21)16-9-3-1-4-10(7-9)20-8-15-18-19-20/h1-8H,(H,16,21). The summed E-state index contributed by atoms with van der Waals surface area (Å²) in [6.07, 6.45) is 1.44.